The summed E-state index contributed by atoms with van der Waals surface area (Å²) >= 11 is 0. The second-order valence-corrected chi connectivity index (χ2v) is 6.27. The van der Waals surface area contributed by atoms with Crippen LogP contribution in [0, 0.1) is 5.92 Å². The maximum absolute atomic E-state index is 10.4. The molecule has 2 fully saturated rings. The van der Waals surface area contributed by atoms with Crippen molar-refractivity contribution < 1.29 is 5.11 Å². The van der Waals surface area contributed by atoms with Gasteiger partial charge >= 0.3 is 0 Å². The Bertz CT molecular complexity index is 308. The lowest BCUT2D eigenvalue weighted by Gasteiger charge is -2.33. The molecule has 2 N–H and O–H groups in total. The molecule has 0 aromatic carbocycles. The molecule has 4 nitrogen and oxygen atoms in total. The standard InChI is InChI=1S/C15H29N3O.HI/c1-3-16-14(18-10-6-13(2)7-11-18)17-12-15(19)8-4-5-9-15;/h13,19H,3-12H2,1-2H3,(H,16,17);1H. The summed E-state index contributed by atoms with van der Waals surface area (Å²) in [6.07, 6.45) is 6.59. The van der Waals surface area contributed by atoms with E-state index in [1.54, 1.807) is 0 Å². The smallest absolute Gasteiger partial charge is 0.194 e. The summed E-state index contributed by atoms with van der Waals surface area (Å²) in [5.74, 6) is 1.83. The molecule has 0 spiro atoms. The first-order valence-electron chi connectivity index (χ1n) is 7.88. The first-order chi connectivity index (χ1) is 9.13. The Morgan fingerprint density at radius 1 is 1.30 bits per heavy atom. The van der Waals surface area contributed by atoms with Crippen LogP contribution in [0.25, 0.3) is 0 Å². The van der Waals surface area contributed by atoms with E-state index in [2.05, 4.69) is 24.1 Å². The minimum absolute atomic E-state index is 0. The van der Waals surface area contributed by atoms with Crippen LogP contribution in [0.1, 0.15) is 52.4 Å². The third kappa shape index (κ3) is 5.06. The van der Waals surface area contributed by atoms with Gasteiger partial charge in [-0.1, -0.05) is 19.8 Å². The molecule has 1 saturated carbocycles. The second kappa shape index (κ2) is 8.41. The highest BCUT2D eigenvalue weighted by atomic mass is 127. The van der Waals surface area contributed by atoms with Crippen LogP contribution in [0.5, 0.6) is 0 Å². The first-order valence-corrected chi connectivity index (χ1v) is 7.88. The highest BCUT2D eigenvalue weighted by Gasteiger charge is 2.31. The quantitative estimate of drug-likeness (QED) is 0.439. The summed E-state index contributed by atoms with van der Waals surface area (Å²) in [6.45, 7) is 8.05. The van der Waals surface area contributed by atoms with E-state index in [9.17, 15) is 5.11 Å². The number of guanidine groups is 1. The Kier molecular flexibility index (Phi) is 7.58. The molecule has 2 rings (SSSR count). The SMILES string of the molecule is CCNC(=NCC1(O)CCCC1)N1CCC(C)CC1.I. The first kappa shape index (κ1) is 18.0. The molecule has 0 radical (unpaired) electrons. The van der Waals surface area contributed by atoms with Crippen molar-refractivity contribution in [2.24, 2.45) is 10.9 Å². The van der Waals surface area contributed by atoms with Crippen LogP contribution in [-0.4, -0.2) is 47.7 Å². The number of hydrogen-bond donors (Lipinski definition) is 2. The van der Waals surface area contributed by atoms with Crippen molar-refractivity contribution in [2.45, 2.75) is 58.0 Å². The predicted octanol–water partition coefficient (Wildman–Crippen LogP) is 2.61. The molecule has 1 aliphatic heterocycles. The van der Waals surface area contributed by atoms with Gasteiger partial charge in [0.15, 0.2) is 5.96 Å². The van der Waals surface area contributed by atoms with Gasteiger partial charge in [-0.2, -0.15) is 0 Å². The number of aliphatic imine (C=N–C) groups is 1. The second-order valence-electron chi connectivity index (χ2n) is 6.27. The van der Waals surface area contributed by atoms with Gasteiger partial charge in [-0.3, -0.25) is 4.99 Å². The summed E-state index contributed by atoms with van der Waals surface area (Å²) in [6, 6.07) is 0. The number of aliphatic hydroxyl groups is 1. The van der Waals surface area contributed by atoms with Crippen molar-refractivity contribution in [2.75, 3.05) is 26.2 Å². The molecule has 0 unspecified atom stereocenters. The van der Waals surface area contributed by atoms with Crippen molar-refractivity contribution in [3.63, 3.8) is 0 Å². The van der Waals surface area contributed by atoms with Gasteiger partial charge in [0.25, 0.3) is 0 Å². The summed E-state index contributed by atoms with van der Waals surface area (Å²) in [7, 11) is 0. The Morgan fingerprint density at radius 2 is 1.90 bits per heavy atom. The van der Waals surface area contributed by atoms with Gasteiger partial charge in [0.2, 0.25) is 0 Å². The third-order valence-electron chi connectivity index (χ3n) is 4.48. The van der Waals surface area contributed by atoms with E-state index in [4.69, 9.17) is 4.99 Å². The van der Waals surface area contributed by atoms with Gasteiger partial charge in [0.1, 0.15) is 0 Å². The molecule has 0 aromatic rings. The molecule has 0 bridgehead atoms. The van der Waals surface area contributed by atoms with E-state index in [-0.39, 0.29) is 24.0 Å². The molecular weight excluding hydrogens is 365 g/mol. The third-order valence-corrected chi connectivity index (χ3v) is 4.48. The predicted molar refractivity (Wildman–Crippen MR) is 94.8 cm³/mol. The number of nitrogens with zero attached hydrogens (tertiary/aromatic N) is 2. The maximum atomic E-state index is 10.4. The van der Waals surface area contributed by atoms with Crippen molar-refractivity contribution >= 4 is 29.9 Å². The van der Waals surface area contributed by atoms with Gasteiger partial charge in [0, 0.05) is 19.6 Å². The zero-order chi connectivity index (χ0) is 13.7. The molecule has 118 valence electrons. The average molecular weight is 395 g/mol. The molecule has 1 saturated heterocycles. The van der Waals surface area contributed by atoms with E-state index >= 15 is 0 Å². The van der Waals surface area contributed by atoms with Crippen LogP contribution in [0.2, 0.25) is 0 Å². The summed E-state index contributed by atoms with van der Waals surface area (Å²) in [5.41, 5.74) is -0.538. The normalized spacial score (nSPS) is 23.6. The lowest BCUT2D eigenvalue weighted by molar-refractivity contribution is 0.0570. The van der Waals surface area contributed by atoms with Crippen molar-refractivity contribution in [1.82, 2.24) is 10.2 Å². The highest BCUT2D eigenvalue weighted by molar-refractivity contribution is 14.0. The van der Waals surface area contributed by atoms with E-state index in [1.807, 2.05) is 0 Å². The molecule has 5 heteroatoms. The van der Waals surface area contributed by atoms with Gasteiger partial charge in [-0.15, -0.1) is 24.0 Å². The Hall–Kier alpha value is -0.0400. The van der Waals surface area contributed by atoms with E-state index in [1.165, 1.54) is 12.8 Å². The summed E-state index contributed by atoms with van der Waals surface area (Å²) in [5, 5.41) is 13.8. The zero-order valence-corrected chi connectivity index (χ0v) is 15.2. The summed E-state index contributed by atoms with van der Waals surface area (Å²) < 4.78 is 0. The van der Waals surface area contributed by atoms with Crippen LogP contribution in [-0.2, 0) is 0 Å². The lowest BCUT2D eigenvalue weighted by Crippen LogP contribution is -2.46. The zero-order valence-electron chi connectivity index (χ0n) is 12.9. The number of halogens is 1. The molecule has 1 aliphatic carbocycles. The molecular formula is C15H30IN3O. The number of hydrogen-bond acceptors (Lipinski definition) is 2. The Balaban J connectivity index is 0.00000200. The average Bonchev–Trinajstić information content (AvgIpc) is 2.83. The topological polar surface area (TPSA) is 47.9 Å². The molecule has 2 aliphatic rings. The van der Waals surface area contributed by atoms with Crippen molar-refractivity contribution in [1.29, 1.82) is 0 Å². The minimum atomic E-state index is -0.538. The maximum Gasteiger partial charge on any atom is 0.194 e. The van der Waals surface area contributed by atoms with E-state index < -0.39 is 5.60 Å². The Morgan fingerprint density at radius 3 is 2.45 bits per heavy atom. The molecule has 20 heavy (non-hydrogen) atoms. The van der Waals surface area contributed by atoms with Crippen molar-refractivity contribution in [3.05, 3.63) is 0 Å². The number of likely N-dealkylation sites (tertiary alicyclic amines) is 1. The lowest BCUT2D eigenvalue weighted by atomic mass is 9.99. The monoisotopic (exact) mass is 395 g/mol. The highest BCUT2D eigenvalue weighted by Crippen LogP contribution is 2.29. The van der Waals surface area contributed by atoms with Gasteiger partial charge in [0.05, 0.1) is 12.1 Å². The van der Waals surface area contributed by atoms with Gasteiger partial charge in [-0.25, -0.2) is 0 Å². The van der Waals surface area contributed by atoms with Crippen molar-refractivity contribution in [3.8, 4) is 0 Å². The molecule has 0 amide bonds. The molecule has 1 heterocycles. The van der Waals surface area contributed by atoms with E-state index in [0.717, 1.165) is 57.2 Å². The molecule has 0 atom stereocenters. The van der Waals surface area contributed by atoms with Crippen LogP contribution in [0.15, 0.2) is 4.99 Å². The fourth-order valence-electron chi connectivity index (χ4n) is 3.06. The fourth-order valence-corrected chi connectivity index (χ4v) is 3.06. The number of nitrogens with one attached hydrogen (secondary N) is 1. The van der Waals surface area contributed by atoms with Crippen LogP contribution in [0.4, 0.5) is 0 Å². The van der Waals surface area contributed by atoms with Gasteiger partial charge < -0.3 is 15.3 Å². The van der Waals surface area contributed by atoms with E-state index in [0.29, 0.717) is 6.54 Å². The largest absolute Gasteiger partial charge is 0.388 e. The van der Waals surface area contributed by atoms with Crippen LogP contribution < -0.4 is 5.32 Å². The Labute approximate surface area is 140 Å². The fraction of sp³-hybridized carbons (Fsp3) is 0.933. The van der Waals surface area contributed by atoms with Gasteiger partial charge in [-0.05, 0) is 38.5 Å². The van der Waals surface area contributed by atoms with Crippen LogP contribution >= 0.6 is 24.0 Å². The summed E-state index contributed by atoms with van der Waals surface area (Å²) in [4.78, 5) is 7.05. The number of rotatable bonds is 3. The van der Waals surface area contributed by atoms with Crippen LogP contribution in [0.3, 0.4) is 0 Å². The minimum Gasteiger partial charge on any atom is -0.388 e. The number of piperidine rings is 1. The molecule has 0 aromatic heterocycles.